The molecule has 0 radical (unpaired) electrons. The van der Waals surface area contributed by atoms with E-state index < -0.39 is 15.8 Å². The van der Waals surface area contributed by atoms with Crippen LogP contribution >= 0.6 is 0 Å². The van der Waals surface area contributed by atoms with Crippen molar-refractivity contribution in [3.63, 3.8) is 0 Å². The number of hydrogen-bond donors (Lipinski definition) is 2. The Bertz CT molecular complexity index is 715. The minimum absolute atomic E-state index is 0.0172. The number of halogens is 1. The average molecular weight is 295 g/mol. The fourth-order valence-electron chi connectivity index (χ4n) is 1.71. The van der Waals surface area contributed by atoms with Crippen molar-refractivity contribution in [2.45, 2.75) is 18.4 Å². The summed E-state index contributed by atoms with van der Waals surface area (Å²) in [5, 5.41) is 0. The Hall–Kier alpha value is -1.99. The van der Waals surface area contributed by atoms with Crippen LogP contribution in [0.4, 0.5) is 10.2 Å². The van der Waals surface area contributed by atoms with E-state index in [4.69, 9.17) is 5.73 Å². The maximum Gasteiger partial charge on any atom is 0.263 e. The molecule has 3 N–H and O–H groups in total. The van der Waals surface area contributed by atoms with Crippen LogP contribution in [0.3, 0.4) is 0 Å². The highest BCUT2D eigenvalue weighted by atomic mass is 32.2. The first-order valence-electron chi connectivity index (χ1n) is 5.86. The summed E-state index contributed by atoms with van der Waals surface area (Å²) in [6, 6.07) is 6.70. The Morgan fingerprint density at radius 2 is 2.05 bits per heavy atom. The Morgan fingerprint density at radius 3 is 2.60 bits per heavy atom. The molecule has 2 aromatic rings. The Kier molecular flexibility index (Phi) is 4.01. The lowest BCUT2D eigenvalue weighted by Gasteiger charge is -2.10. The van der Waals surface area contributed by atoms with Crippen LogP contribution < -0.4 is 10.5 Å². The van der Waals surface area contributed by atoms with Crippen LogP contribution in [-0.4, -0.2) is 13.4 Å². The van der Waals surface area contributed by atoms with Crippen molar-refractivity contribution in [3.8, 4) is 0 Å². The highest BCUT2D eigenvalue weighted by molar-refractivity contribution is 7.92. The van der Waals surface area contributed by atoms with Crippen molar-refractivity contribution in [1.82, 2.24) is 4.98 Å². The van der Waals surface area contributed by atoms with Crippen LogP contribution in [-0.2, 0) is 16.6 Å². The molecular formula is C13H14FN3O2S. The fourth-order valence-corrected chi connectivity index (χ4v) is 2.95. The van der Waals surface area contributed by atoms with Gasteiger partial charge in [-0.15, -0.1) is 0 Å². The third-order valence-corrected chi connectivity index (χ3v) is 4.24. The van der Waals surface area contributed by atoms with Gasteiger partial charge < -0.3 is 5.73 Å². The van der Waals surface area contributed by atoms with Gasteiger partial charge in [0.05, 0.1) is 4.90 Å². The predicted molar refractivity (Wildman–Crippen MR) is 74.1 cm³/mol. The van der Waals surface area contributed by atoms with Gasteiger partial charge in [0.2, 0.25) is 0 Å². The zero-order valence-electron chi connectivity index (χ0n) is 10.8. The normalized spacial score (nSPS) is 11.3. The summed E-state index contributed by atoms with van der Waals surface area (Å²) < 4.78 is 39.7. The van der Waals surface area contributed by atoms with Crippen molar-refractivity contribution in [2.75, 3.05) is 4.72 Å². The third kappa shape index (κ3) is 3.12. The molecule has 0 saturated heterocycles. The number of benzene rings is 1. The van der Waals surface area contributed by atoms with Crippen molar-refractivity contribution >= 4 is 15.8 Å². The maximum atomic E-state index is 13.0. The molecule has 0 bridgehead atoms. The largest absolute Gasteiger partial charge is 0.326 e. The molecule has 0 unspecified atom stereocenters. The number of nitrogens with two attached hydrogens (primary N) is 1. The Morgan fingerprint density at radius 1 is 1.30 bits per heavy atom. The number of hydrogen-bond acceptors (Lipinski definition) is 4. The van der Waals surface area contributed by atoms with E-state index in [1.54, 1.807) is 6.07 Å². The number of rotatable bonds is 4. The number of nitrogens with one attached hydrogen (secondary N) is 1. The molecule has 20 heavy (non-hydrogen) atoms. The second-order valence-corrected chi connectivity index (χ2v) is 5.92. The molecule has 0 saturated carbocycles. The molecule has 0 atom stereocenters. The third-order valence-electron chi connectivity index (χ3n) is 2.73. The number of aryl methyl sites for hydroxylation is 1. The van der Waals surface area contributed by atoms with Gasteiger partial charge in [0.15, 0.2) is 0 Å². The number of aromatic nitrogens is 1. The molecule has 0 aliphatic rings. The Labute approximate surface area is 116 Å². The summed E-state index contributed by atoms with van der Waals surface area (Å²) in [7, 11) is -3.79. The van der Waals surface area contributed by atoms with Crippen molar-refractivity contribution in [1.29, 1.82) is 0 Å². The van der Waals surface area contributed by atoms with Gasteiger partial charge in [-0.25, -0.2) is 17.8 Å². The first kappa shape index (κ1) is 14.4. The SMILES string of the molecule is Cc1cc(F)ccc1S(=O)(=O)Nc1ccc(CN)cn1. The molecule has 2 rings (SSSR count). The smallest absolute Gasteiger partial charge is 0.263 e. The van der Waals surface area contributed by atoms with E-state index in [9.17, 15) is 12.8 Å². The lowest BCUT2D eigenvalue weighted by molar-refractivity contribution is 0.598. The summed E-state index contributed by atoms with van der Waals surface area (Å²) >= 11 is 0. The van der Waals surface area contributed by atoms with E-state index in [1.807, 2.05) is 0 Å². The molecule has 0 fully saturated rings. The number of nitrogens with zero attached hydrogens (tertiary/aromatic N) is 1. The van der Waals surface area contributed by atoms with E-state index in [0.29, 0.717) is 12.1 Å². The van der Waals surface area contributed by atoms with Crippen LogP contribution in [0.15, 0.2) is 41.4 Å². The standard InChI is InChI=1S/C13H14FN3O2S/c1-9-6-11(14)3-4-12(9)20(18,19)17-13-5-2-10(7-15)8-16-13/h2-6,8H,7,15H2,1H3,(H,16,17). The maximum absolute atomic E-state index is 13.0. The molecule has 5 nitrogen and oxygen atoms in total. The summed E-state index contributed by atoms with van der Waals surface area (Å²) in [5.41, 5.74) is 6.56. The first-order valence-corrected chi connectivity index (χ1v) is 7.34. The number of anilines is 1. The summed E-state index contributed by atoms with van der Waals surface area (Å²) in [6.07, 6.45) is 1.50. The molecule has 0 amide bonds. The van der Waals surface area contributed by atoms with Gasteiger partial charge in [-0.2, -0.15) is 0 Å². The van der Waals surface area contributed by atoms with Gasteiger partial charge in [0.25, 0.3) is 10.0 Å². The van der Waals surface area contributed by atoms with E-state index in [-0.39, 0.29) is 10.7 Å². The van der Waals surface area contributed by atoms with Gasteiger partial charge in [0.1, 0.15) is 11.6 Å². The fraction of sp³-hybridized carbons (Fsp3) is 0.154. The van der Waals surface area contributed by atoms with E-state index >= 15 is 0 Å². The zero-order valence-corrected chi connectivity index (χ0v) is 11.6. The minimum atomic E-state index is -3.79. The van der Waals surface area contributed by atoms with Crippen LogP contribution in [0.25, 0.3) is 0 Å². The van der Waals surface area contributed by atoms with Gasteiger partial charge in [-0.1, -0.05) is 6.07 Å². The van der Waals surface area contributed by atoms with Crippen molar-refractivity contribution in [3.05, 3.63) is 53.5 Å². The van der Waals surface area contributed by atoms with Crippen molar-refractivity contribution in [2.24, 2.45) is 5.73 Å². The summed E-state index contributed by atoms with van der Waals surface area (Å²) in [6.45, 7) is 1.86. The second kappa shape index (κ2) is 5.56. The quantitative estimate of drug-likeness (QED) is 0.900. The molecule has 106 valence electrons. The van der Waals surface area contributed by atoms with Crippen LogP contribution in [0.5, 0.6) is 0 Å². The van der Waals surface area contributed by atoms with Crippen LogP contribution in [0.2, 0.25) is 0 Å². The van der Waals surface area contributed by atoms with Gasteiger partial charge >= 0.3 is 0 Å². The minimum Gasteiger partial charge on any atom is -0.326 e. The Balaban J connectivity index is 2.30. The molecule has 1 aromatic heterocycles. The topological polar surface area (TPSA) is 85.1 Å². The van der Waals surface area contributed by atoms with Gasteiger partial charge in [-0.3, -0.25) is 4.72 Å². The molecule has 7 heteroatoms. The molecule has 0 aliphatic carbocycles. The summed E-state index contributed by atoms with van der Waals surface area (Å²) in [5.74, 6) is -0.294. The molecule has 0 spiro atoms. The monoisotopic (exact) mass is 295 g/mol. The lowest BCUT2D eigenvalue weighted by Crippen LogP contribution is -2.15. The van der Waals surface area contributed by atoms with Gasteiger partial charge in [0, 0.05) is 12.7 Å². The average Bonchev–Trinajstić information content (AvgIpc) is 2.38. The molecule has 1 heterocycles. The van der Waals surface area contributed by atoms with Crippen molar-refractivity contribution < 1.29 is 12.8 Å². The highest BCUT2D eigenvalue weighted by Gasteiger charge is 2.17. The first-order chi connectivity index (χ1) is 9.42. The number of sulfonamides is 1. The lowest BCUT2D eigenvalue weighted by atomic mass is 10.2. The molecule has 1 aromatic carbocycles. The van der Waals surface area contributed by atoms with E-state index in [1.165, 1.54) is 31.3 Å². The van der Waals surface area contributed by atoms with Gasteiger partial charge in [-0.05, 0) is 42.3 Å². The molecule has 0 aliphatic heterocycles. The van der Waals surface area contributed by atoms with Crippen LogP contribution in [0, 0.1) is 12.7 Å². The highest BCUT2D eigenvalue weighted by Crippen LogP contribution is 2.19. The summed E-state index contributed by atoms with van der Waals surface area (Å²) in [4.78, 5) is 3.98. The van der Waals surface area contributed by atoms with E-state index in [0.717, 1.165) is 11.6 Å². The second-order valence-electron chi connectivity index (χ2n) is 4.27. The van der Waals surface area contributed by atoms with E-state index in [2.05, 4.69) is 9.71 Å². The zero-order chi connectivity index (χ0) is 14.8. The molecular weight excluding hydrogens is 281 g/mol. The predicted octanol–water partition coefficient (Wildman–Crippen LogP) is 1.79. The van der Waals surface area contributed by atoms with Crippen LogP contribution in [0.1, 0.15) is 11.1 Å². The number of pyridine rings is 1.